The van der Waals surface area contributed by atoms with Crippen molar-refractivity contribution in [2.24, 2.45) is 5.92 Å². The van der Waals surface area contributed by atoms with Crippen LogP contribution in [0.5, 0.6) is 0 Å². The van der Waals surface area contributed by atoms with Crippen LogP contribution in [0, 0.1) is 11.7 Å². The Hall–Kier alpha value is -1.55. The third-order valence-corrected chi connectivity index (χ3v) is 3.50. The number of nitrogens with two attached hydrogens (primary N) is 1. The van der Waals surface area contributed by atoms with Crippen molar-refractivity contribution in [2.75, 3.05) is 5.73 Å². The molecule has 1 aliphatic rings. The van der Waals surface area contributed by atoms with Crippen molar-refractivity contribution >= 4 is 17.3 Å². The van der Waals surface area contributed by atoms with Crippen molar-refractivity contribution < 1.29 is 4.39 Å². The minimum absolute atomic E-state index is 0.238. The van der Waals surface area contributed by atoms with Gasteiger partial charge in [0.1, 0.15) is 5.82 Å². The number of hydrogen-bond acceptors (Lipinski definition) is 2. The van der Waals surface area contributed by atoms with Gasteiger partial charge in [0.05, 0.1) is 16.9 Å². The van der Waals surface area contributed by atoms with Gasteiger partial charge in [-0.05, 0) is 30.9 Å². The quantitative estimate of drug-likeness (QED) is 0.865. The summed E-state index contributed by atoms with van der Waals surface area (Å²) in [4.78, 5) is 0. The molecule has 2 N–H and O–H groups in total. The molecule has 0 spiro atoms. The summed E-state index contributed by atoms with van der Waals surface area (Å²) >= 11 is 5.77. The highest BCUT2D eigenvalue weighted by molar-refractivity contribution is 6.33. The largest absolute Gasteiger partial charge is 0.398 e. The Labute approximate surface area is 109 Å². The Morgan fingerprint density at radius 1 is 1.44 bits per heavy atom. The Bertz CT molecular complexity index is 590. The molecule has 0 radical (unpaired) electrons. The molecule has 0 unspecified atom stereocenters. The number of nitrogen functional groups attached to an aromatic ring is 1. The maximum atomic E-state index is 13.8. The third kappa shape index (κ3) is 2.20. The zero-order valence-electron chi connectivity index (χ0n) is 9.74. The standard InChI is InChI=1S/C13H13ClFN3/c14-11-4-12(15)10(3-13(11)16)9-5-17-18(7-9)6-8-1-2-8/h3-5,7-8H,1-2,6,16H2. The molecular weight excluding hydrogens is 253 g/mol. The molecule has 5 heteroatoms. The summed E-state index contributed by atoms with van der Waals surface area (Å²) in [5.41, 5.74) is 7.25. The van der Waals surface area contributed by atoms with E-state index in [4.69, 9.17) is 17.3 Å². The minimum Gasteiger partial charge on any atom is -0.398 e. The van der Waals surface area contributed by atoms with Gasteiger partial charge >= 0.3 is 0 Å². The molecule has 1 aromatic carbocycles. The van der Waals surface area contributed by atoms with Gasteiger partial charge in [-0.3, -0.25) is 4.68 Å². The second kappa shape index (κ2) is 4.28. The van der Waals surface area contributed by atoms with Crippen molar-refractivity contribution in [3.63, 3.8) is 0 Å². The lowest BCUT2D eigenvalue weighted by atomic mass is 10.1. The Kier molecular flexibility index (Phi) is 2.74. The first-order valence-electron chi connectivity index (χ1n) is 5.91. The molecule has 1 aliphatic carbocycles. The summed E-state index contributed by atoms with van der Waals surface area (Å²) in [5, 5.41) is 4.48. The van der Waals surface area contributed by atoms with Crippen LogP contribution in [0.2, 0.25) is 5.02 Å². The molecule has 18 heavy (non-hydrogen) atoms. The topological polar surface area (TPSA) is 43.8 Å². The maximum Gasteiger partial charge on any atom is 0.132 e. The highest BCUT2D eigenvalue weighted by Crippen LogP contribution is 2.32. The fourth-order valence-electron chi connectivity index (χ4n) is 1.95. The van der Waals surface area contributed by atoms with E-state index in [2.05, 4.69) is 5.10 Å². The highest BCUT2D eigenvalue weighted by Gasteiger charge is 2.22. The zero-order valence-corrected chi connectivity index (χ0v) is 10.5. The molecule has 0 atom stereocenters. The Balaban J connectivity index is 1.93. The van der Waals surface area contributed by atoms with Crippen LogP contribution in [0.25, 0.3) is 11.1 Å². The van der Waals surface area contributed by atoms with E-state index in [0.29, 0.717) is 11.3 Å². The van der Waals surface area contributed by atoms with E-state index in [9.17, 15) is 4.39 Å². The summed E-state index contributed by atoms with van der Waals surface area (Å²) < 4.78 is 15.7. The van der Waals surface area contributed by atoms with Crippen LogP contribution in [0.15, 0.2) is 24.5 Å². The van der Waals surface area contributed by atoms with Gasteiger partial charge in [0.15, 0.2) is 0 Å². The lowest BCUT2D eigenvalue weighted by molar-refractivity contribution is 0.563. The van der Waals surface area contributed by atoms with Gasteiger partial charge in [-0.1, -0.05) is 11.6 Å². The SMILES string of the molecule is Nc1cc(-c2cnn(CC3CC3)c2)c(F)cc1Cl. The minimum atomic E-state index is -0.375. The Morgan fingerprint density at radius 2 is 2.22 bits per heavy atom. The van der Waals surface area contributed by atoms with Crippen molar-refractivity contribution in [1.82, 2.24) is 9.78 Å². The van der Waals surface area contributed by atoms with Crippen LogP contribution in [0.1, 0.15) is 12.8 Å². The molecule has 1 fully saturated rings. The summed E-state index contributed by atoms with van der Waals surface area (Å²) in [7, 11) is 0. The monoisotopic (exact) mass is 265 g/mol. The number of anilines is 1. The van der Waals surface area contributed by atoms with Crippen LogP contribution in [0.3, 0.4) is 0 Å². The molecule has 1 saturated carbocycles. The molecule has 1 heterocycles. The second-order valence-corrected chi connectivity index (χ2v) is 5.16. The number of benzene rings is 1. The molecule has 3 rings (SSSR count). The van der Waals surface area contributed by atoms with E-state index in [0.717, 1.165) is 18.0 Å². The molecule has 0 bridgehead atoms. The van der Waals surface area contributed by atoms with Crippen LogP contribution >= 0.6 is 11.6 Å². The maximum absolute atomic E-state index is 13.8. The van der Waals surface area contributed by atoms with E-state index < -0.39 is 0 Å². The van der Waals surface area contributed by atoms with Gasteiger partial charge in [-0.15, -0.1) is 0 Å². The molecule has 2 aromatic rings. The van der Waals surface area contributed by atoms with E-state index in [1.165, 1.54) is 18.9 Å². The van der Waals surface area contributed by atoms with E-state index >= 15 is 0 Å². The number of hydrogen-bond donors (Lipinski definition) is 1. The fraction of sp³-hybridized carbons (Fsp3) is 0.308. The van der Waals surface area contributed by atoms with Crippen LogP contribution < -0.4 is 5.73 Å². The van der Waals surface area contributed by atoms with Crippen LogP contribution in [-0.2, 0) is 6.54 Å². The molecule has 0 amide bonds. The molecule has 0 saturated heterocycles. The van der Waals surface area contributed by atoms with Gasteiger partial charge in [-0.2, -0.15) is 5.10 Å². The van der Waals surface area contributed by atoms with Gasteiger partial charge in [0, 0.05) is 23.9 Å². The first kappa shape index (κ1) is 11.5. The first-order chi connectivity index (χ1) is 8.63. The zero-order chi connectivity index (χ0) is 12.7. The van der Waals surface area contributed by atoms with Crippen LogP contribution in [-0.4, -0.2) is 9.78 Å². The molecule has 0 aliphatic heterocycles. The van der Waals surface area contributed by atoms with E-state index in [-0.39, 0.29) is 10.8 Å². The summed E-state index contributed by atoms with van der Waals surface area (Å²) in [6.07, 6.45) is 6.03. The average Bonchev–Trinajstić information content (AvgIpc) is 3.01. The number of rotatable bonds is 3. The summed E-state index contributed by atoms with van der Waals surface area (Å²) in [6.45, 7) is 0.907. The summed E-state index contributed by atoms with van der Waals surface area (Å²) in [5.74, 6) is 0.359. The van der Waals surface area contributed by atoms with Crippen molar-refractivity contribution in [3.8, 4) is 11.1 Å². The van der Waals surface area contributed by atoms with Crippen molar-refractivity contribution in [3.05, 3.63) is 35.4 Å². The lowest BCUT2D eigenvalue weighted by Crippen LogP contribution is -1.99. The van der Waals surface area contributed by atoms with Gasteiger partial charge in [-0.25, -0.2) is 4.39 Å². The van der Waals surface area contributed by atoms with Crippen molar-refractivity contribution in [2.45, 2.75) is 19.4 Å². The second-order valence-electron chi connectivity index (χ2n) is 4.75. The van der Waals surface area contributed by atoms with Gasteiger partial charge in [0.2, 0.25) is 0 Å². The van der Waals surface area contributed by atoms with Crippen molar-refractivity contribution in [1.29, 1.82) is 0 Å². The van der Waals surface area contributed by atoms with E-state index in [1.54, 1.807) is 12.3 Å². The fourth-order valence-corrected chi connectivity index (χ4v) is 2.10. The average molecular weight is 266 g/mol. The lowest BCUT2D eigenvalue weighted by Gasteiger charge is -2.04. The van der Waals surface area contributed by atoms with Gasteiger partial charge in [0.25, 0.3) is 0 Å². The molecule has 3 nitrogen and oxygen atoms in total. The highest BCUT2D eigenvalue weighted by atomic mass is 35.5. The molecule has 1 aromatic heterocycles. The summed E-state index contributed by atoms with van der Waals surface area (Å²) in [6, 6.07) is 2.79. The predicted molar refractivity (Wildman–Crippen MR) is 69.8 cm³/mol. The first-order valence-corrected chi connectivity index (χ1v) is 6.28. The number of halogens is 2. The smallest absolute Gasteiger partial charge is 0.132 e. The number of aromatic nitrogens is 2. The third-order valence-electron chi connectivity index (χ3n) is 3.17. The Morgan fingerprint density at radius 3 is 2.94 bits per heavy atom. The molecular formula is C13H13ClFN3. The van der Waals surface area contributed by atoms with Gasteiger partial charge < -0.3 is 5.73 Å². The van der Waals surface area contributed by atoms with E-state index in [1.807, 2.05) is 10.9 Å². The van der Waals surface area contributed by atoms with Crippen LogP contribution in [0.4, 0.5) is 10.1 Å². The molecule has 94 valence electrons. The normalized spacial score (nSPS) is 15.0. The predicted octanol–water partition coefficient (Wildman–Crippen LogP) is 3.33. The number of nitrogens with zero attached hydrogens (tertiary/aromatic N) is 2.